The van der Waals surface area contributed by atoms with Crippen molar-refractivity contribution in [2.75, 3.05) is 13.1 Å². The first-order valence-electron chi connectivity index (χ1n) is 6.51. The van der Waals surface area contributed by atoms with E-state index in [0.29, 0.717) is 4.47 Å². The van der Waals surface area contributed by atoms with Gasteiger partial charge in [0.05, 0.1) is 0 Å². The molecule has 6 nitrogen and oxygen atoms in total. The third-order valence-corrected chi connectivity index (χ3v) is 4.30. The molecule has 1 amide bonds. The minimum absolute atomic E-state index is 0.326. The van der Waals surface area contributed by atoms with Gasteiger partial charge in [-0.05, 0) is 28.4 Å². The van der Waals surface area contributed by atoms with Gasteiger partial charge in [-0.25, -0.2) is 0 Å². The lowest BCUT2D eigenvalue weighted by atomic mass is 9.86. The fraction of sp³-hybridized carbons (Fsp3) is 0.462. The van der Waals surface area contributed by atoms with Crippen molar-refractivity contribution in [2.24, 2.45) is 5.41 Å². The highest BCUT2D eigenvalue weighted by atomic mass is 79.9. The monoisotopic (exact) mass is 396 g/mol. The average molecular weight is 397 g/mol. The Morgan fingerprint density at radius 3 is 2.52 bits per heavy atom. The van der Waals surface area contributed by atoms with E-state index >= 15 is 0 Å². The van der Waals surface area contributed by atoms with Crippen LogP contribution >= 0.6 is 15.9 Å². The second-order valence-electron chi connectivity index (χ2n) is 5.26. The Bertz CT molecular complexity index is 703. The van der Waals surface area contributed by atoms with E-state index in [1.165, 1.54) is 18.3 Å². The molecule has 2 rings (SSSR count). The van der Waals surface area contributed by atoms with Crippen molar-refractivity contribution in [3.05, 3.63) is 33.2 Å². The van der Waals surface area contributed by atoms with Gasteiger partial charge in [-0.15, -0.1) is 0 Å². The molecule has 10 heteroatoms. The Kier molecular flexibility index (Phi) is 4.56. The Morgan fingerprint density at radius 2 is 2.00 bits per heavy atom. The first-order chi connectivity index (χ1) is 10.6. The Hall–Kier alpha value is -1.84. The number of carbonyl (C=O) groups is 2. The molecular formula is C13H12BrF3N2O4. The third kappa shape index (κ3) is 3.26. The molecule has 1 atom stereocenters. The van der Waals surface area contributed by atoms with E-state index in [1.807, 2.05) is 0 Å². The van der Waals surface area contributed by atoms with E-state index in [9.17, 15) is 27.6 Å². The summed E-state index contributed by atoms with van der Waals surface area (Å²) in [5.41, 5.74) is -3.44. The molecule has 1 aromatic rings. The van der Waals surface area contributed by atoms with Crippen LogP contribution in [0, 0.1) is 5.41 Å². The molecule has 126 valence electrons. The van der Waals surface area contributed by atoms with E-state index in [4.69, 9.17) is 5.11 Å². The molecule has 1 saturated heterocycles. The van der Waals surface area contributed by atoms with Crippen LogP contribution in [0.25, 0.3) is 0 Å². The van der Waals surface area contributed by atoms with E-state index in [1.54, 1.807) is 0 Å². The number of aliphatic carboxylic acids is 1. The Labute approximate surface area is 136 Å². The van der Waals surface area contributed by atoms with Gasteiger partial charge in [-0.2, -0.15) is 13.2 Å². The third-order valence-electron chi connectivity index (χ3n) is 3.83. The van der Waals surface area contributed by atoms with Crippen molar-refractivity contribution in [1.82, 2.24) is 9.47 Å². The molecule has 2 heterocycles. The zero-order valence-electron chi connectivity index (χ0n) is 11.6. The number of halogens is 4. The van der Waals surface area contributed by atoms with Crippen LogP contribution in [0.5, 0.6) is 0 Å². The zero-order valence-corrected chi connectivity index (χ0v) is 13.2. The van der Waals surface area contributed by atoms with E-state index in [-0.39, 0.29) is 6.54 Å². The molecule has 0 saturated carbocycles. The molecule has 1 aliphatic rings. The van der Waals surface area contributed by atoms with Gasteiger partial charge in [0.25, 0.3) is 5.56 Å². The number of carboxylic acid groups (broad SMARTS) is 1. The summed E-state index contributed by atoms with van der Waals surface area (Å²) in [5.74, 6) is -2.74. The molecule has 0 spiro atoms. The quantitative estimate of drug-likeness (QED) is 0.838. The molecule has 1 aromatic heterocycles. The average Bonchev–Trinajstić information content (AvgIpc) is 2.89. The first kappa shape index (κ1) is 17.5. The van der Waals surface area contributed by atoms with Gasteiger partial charge >= 0.3 is 12.1 Å². The lowest BCUT2D eigenvalue weighted by molar-refractivity contribution is -0.227. The van der Waals surface area contributed by atoms with Crippen LogP contribution in [-0.4, -0.2) is 45.7 Å². The molecule has 1 fully saturated rings. The van der Waals surface area contributed by atoms with Crippen LogP contribution in [0.15, 0.2) is 27.6 Å². The summed E-state index contributed by atoms with van der Waals surface area (Å²) in [6.45, 7) is -1.73. The van der Waals surface area contributed by atoms with Crippen LogP contribution in [0.1, 0.15) is 6.42 Å². The molecule has 1 N–H and O–H groups in total. The van der Waals surface area contributed by atoms with Crippen LogP contribution < -0.4 is 5.56 Å². The Balaban J connectivity index is 2.18. The van der Waals surface area contributed by atoms with Gasteiger partial charge in [-0.1, -0.05) is 0 Å². The van der Waals surface area contributed by atoms with Crippen LogP contribution in [0.4, 0.5) is 13.2 Å². The number of alkyl halides is 3. The summed E-state index contributed by atoms with van der Waals surface area (Å²) >= 11 is 3.12. The summed E-state index contributed by atoms with van der Waals surface area (Å²) in [6.07, 6.45) is -4.32. The summed E-state index contributed by atoms with van der Waals surface area (Å²) < 4.78 is 40.8. The maximum atomic E-state index is 13.1. The van der Waals surface area contributed by atoms with Crippen molar-refractivity contribution in [3.63, 3.8) is 0 Å². The van der Waals surface area contributed by atoms with Gasteiger partial charge in [0.1, 0.15) is 6.54 Å². The van der Waals surface area contributed by atoms with E-state index in [0.717, 1.165) is 9.47 Å². The van der Waals surface area contributed by atoms with Crippen molar-refractivity contribution in [3.8, 4) is 0 Å². The minimum Gasteiger partial charge on any atom is -0.481 e. The normalized spacial score (nSPS) is 21.5. The highest BCUT2D eigenvalue weighted by molar-refractivity contribution is 9.10. The molecule has 0 aromatic carbocycles. The molecule has 1 aliphatic heterocycles. The summed E-state index contributed by atoms with van der Waals surface area (Å²) in [7, 11) is 0. The fourth-order valence-electron chi connectivity index (χ4n) is 2.42. The number of likely N-dealkylation sites (tertiary alicyclic amines) is 1. The molecule has 0 radical (unpaired) electrons. The van der Waals surface area contributed by atoms with Crippen LogP contribution in [0.3, 0.4) is 0 Å². The lowest BCUT2D eigenvalue weighted by Gasteiger charge is -2.27. The number of nitrogens with zero attached hydrogens (tertiary/aromatic N) is 2. The van der Waals surface area contributed by atoms with Gasteiger partial charge in [-0.3, -0.25) is 14.4 Å². The van der Waals surface area contributed by atoms with Gasteiger partial charge in [0.15, 0.2) is 5.41 Å². The molecule has 23 heavy (non-hydrogen) atoms. The smallest absolute Gasteiger partial charge is 0.406 e. The van der Waals surface area contributed by atoms with Gasteiger partial charge in [0, 0.05) is 29.8 Å². The second-order valence-corrected chi connectivity index (χ2v) is 6.18. The zero-order chi connectivity index (χ0) is 17.4. The van der Waals surface area contributed by atoms with Crippen LogP contribution in [-0.2, 0) is 16.1 Å². The van der Waals surface area contributed by atoms with Crippen molar-refractivity contribution < 1.29 is 27.9 Å². The summed E-state index contributed by atoms with van der Waals surface area (Å²) in [6, 6.07) is 2.68. The first-order valence-corrected chi connectivity index (χ1v) is 7.30. The number of pyridine rings is 1. The molecular weight excluding hydrogens is 385 g/mol. The predicted octanol–water partition coefficient (Wildman–Crippen LogP) is 1.48. The largest absolute Gasteiger partial charge is 0.481 e. The lowest BCUT2D eigenvalue weighted by Crippen LogP contribution is -2.48. The number of rotatable bonds is 3. The number of amides is 1. The Morgan fingerprint density at radius 1 is 1.35 bits per heavy atom. The highest BCUT2D eigenvalue weighted by Gasteiger charge is 2.64. The maximum Gasteiger partial charge on any atom is 0.406 e. The maximum absolute atomic E-state index is 13.1. The van der Waals surface area contributed by atoms with Crippen molar-refractivity contribution in [2.45, 2.75) is 19.1 Å². The van der Waals surface area contributed by atoms with Crippen molar-refractivity contribution in [1.29, 1.82) is 0 Å². The number of carbonyl (C=O) groups excluding carboxylic acids is 1. The number of carboxylic acids is 1. The number of hydrogen-bond acceptors (Lipinski definition) is 3. The summed E-state index contributed by atoms with van der Waals surface area (Å²) in [4.78, 5) is 35.6. The minimum atomic E-state index is -4.96. The highest BCUT2D eigenvalue weighted by Crippen LogP contribution is 2.45. The topological polar surface area (TPSA) is 79.6 Å². The SMILES string of the molecule is O=C(Cn1cc(Br)ccc1=O)N1CCC(C(=O)O)(C(F)(F)F)C1. The van der Waals surface area contributed by atoms with Gasteiger partial charge < -0.3 is 14.6 Å². The number of hydrogen-bond donors (Lipinski definition) is 1. The van der Waals surface area contributed by atoms with Crippen molar-refractivity contribution >= 4 is 27.8 Å². The summed E-state index contributed by atoms with van der Waals surface area (Å²) in [5, 5.41) is 8.95. The molecule has 0 bridgehead atoms. The predicted molar refractivity (Wildman–Crippen MR) is 75.7 cm³/mol. The fourth-order valence-corrected chi connectivity index (χ4v) is 2.80. The van der Waals surface area contributed by atoms with Crippen LogP contribution in [0.2, 0.25) is 0 Å². The standard InChI is InChI=1S/C13H12BrF3N2O4/c14-8-1-2-9(20)19(5-8)6-10(21)18-4-3-12(7-18,11(22)23)13(15,16)17/h1-2,5H,3-4,6-7H2,(H,22,23). The molecule has 0 aliphatic carbocycles. The number of aromatic nitrogens is 1. The second kappa shape index (κ2) is 5.99. The van der Waals surface area contributed by atoms with E-state index < -0.39 is 48.5 Å². The van der Waals surface area contributed by atoms with E-state index in [2.05, 4.69) is 15.9 Å². The molecule has 1 unspecified atom stereocenters. The van der Waals surface area contributed by atoms with Gasteiger partial charge in [0.2, 0.25) is 5.91 Å².